The molecule has 1 atom stereocenters. The number of carbonyl (C=O) groups is 2. The zero-order valence-corrected chi connectivity index (χ0v) is 13.3. The van der Waals surface area contributed by atoms with Crippen LogP contribution in [0.25, 0.3) is 0 Å². The predicted octanol–water partition coefficient (Wildman–Crippen LogP) is 3.04. The van der Waals surface area contributed by atoms with Crippen LogP contribution in [0.1, 0.15) is 23.8 Å². The number of amides is 2. The lowest BCUT2D eigenvalue weighted by Gasteiger charge is -2.19. The van der Waals surface area contributed by atoms with Crippen LogP contribution in [0.15, 0.2) is 47.1 Å². The van der Waals surface area contributed by atoms with Crippen LogP contribution in [0, 0.1) is 0 Å². The van der Waals surface area contributed by atoms with Gasteiger partial charge in [0.2, 0.25) is 0 Å². The molecule has 7 heteroatoms. The van der Waals surface area contributed by atoms with E-state index in [4.69, 9.17) is 16.0 Å². The molecule has 1 heterocycles. The van der Waals surface area contributed by atoms with Gasteiger partial charge in [0.1, 0.15) is 5.76 Å². The summed E-state index contributed by atoms with van der Waals surface area (Å²) in [6, 6.07) is 9.47. The monoisotopic (exact) mass is 336 g/mol. The van der Waals surface area contributed by atoms with Crippen molar-refractivity contribution in [1.82, 2.24) is 10.6 Å². The van der Waals surface area contributed by atoms with E-state index in [0.717, 1.165) is 0 Å². The second kappa shape index (κ2) is 8.24. The fourth-order valence-corrected chi connectivity index (χ4v) is 2.30. The molecule has 0 bridgehead atoms. The number of urea groups is 1. The minimum Gasteiger partial charge on any atom is -0.469 e. The van der Waals surface area contributed by atoms with Crippen LogP contribution in [0.3, 0.4) is 0 Å². The van der Waals surface area contributed by atoms with Gasteiger partial charge in [-0.15, -0.1) is 0 Å². The summed E-state index contributed by atoms with van der Waals surface area (Å²) in [6.07, 6.45) is 1.51. The van der Waals surface area contributed by atoms with Gasteiger partial charge in [0.25, 0.3) is 0 Å². The van der Waals surface area contributed by atoms with E-state index in [1.165, 1.54) is 13.4 Å². The summed E-state index contributed by atoms with van der Waals surface area (Å²) >= 11 is 6.15. The first-order valence-electron chi connectivity index (χ1n) is 6.98. The first-order chi connectivity index (χ1) is 11.1. The van der Waals surface area contributed by atoms with E-state index in [1.807, 2.05) is 0 Å². The number of carbonyl (C=O) groups excluding carboxylic acids is 2. The Morgan fingerprint density at radius 3 is 2.70 bits per heavy atom. The first-order valence-corrected chi connectivity index (χ1v) is 7.36. The standard InChI is InChI=1S/C16H17ClN2O4/c1-22-15(20)9-14(12-6-2-3-7-13(12)17)19-16(21)18-10-11-5-4-8-23-11/h2-8,14H,9-10H2,1H3,(H2,18,19,21). The Morgan fingerprint density at radius 2 is 2.04 bits per heavy atom. The Labute approximate surface area is 138 Å². The lowest BCUT2D eigenvalue weighted by Crippen LogP contribution is -2.38. The summed E-state index contributed by atoms with van der Waals surface area (Å²) in [4.78, 5) is 23.6. The van der Waals surface area contributed by atoms with Crippen LogP contribution in [0.4, 0.5) is 4.79 Å². The highest BCUT2D eigenvalue weighted by molar-refractivity contribution is 6.31. The lowest BCUT2D eigenvalue weighted by molar-refractivity contribution is -0.141. The summed E-state index contributed by atoms with van der Waals surface area (Å²) in [6.45, 7) is 0.242. The predicted molar refractivity (Wildman–Crippen MR) is 84.9 cm³/mol. The molecule has 0 radical (unpaired) electrons. The topological polar surface area (TPSA) is 80.6 Å². The summed E-state index contributed by atoms with van der Waals surface area (Å²) in [7, 11) is 1.29. The van der Waals surface area contributed by atoms with Crippen molar-refractivity contribution in [3.8, 4) is 0 Å². The Hall–Kier alpha value is -2.47. The second-order valence-electron chi connectivity index (χ2n) is 4.76. The molecule has 0 saturated heterocycles. The van der Waals surface area contributed by atoms with Gasteiger partial charge >= 0.3 is 12.0 Å². The number of benzene rings is 1. The van der Waals surface area contributed by atoms with E-state index < -0.39 is 18.0 Å². The number of rotatable bonds is 6. The summed E-state index contributed by atoms with van der Waals surface area (Å²) in [5.41, 5.74) is 0.646. The number of furan rings is 1. The van der Waals surface area contributed by atoms with Gasteiger partial charge in [-0.2, -0.15) is 0 Å². The minimum absolute atomic E-state index is 0.0194. The SMILES string of the molecule is COC(=O)CC(NC(=O)NCc1ccco1)c1ccccc1Cl. The molecule has 6 nitrogen and oxygen atoms in total. The van der Waals surface area contributed by atoms with E-state index in [0.29, 0.717) is 16.3 Å². The van der Waals surface area contributed by atoms with Crippen molar-refractivity contribution in [2.24, 2.45) is 0 Å². The average molecular weight is 337 g/mol. The van der Waals surface area contributed by atoms with Crippen LogP contribution >= 0.6 is 11.6 Å². The number of ether oxygens (including phenoxy) is 1. The van der Waals surface area contributed by atoms with Crippen molar-refractivity contribution in [1.29, 1.82) is 0 Å². The maximum atomic E-state index is 12.0. The highest BCUT2D eigenvalue weighted by Crippen LogP contribution is 2.25. The van der Waals surface area contributed by atoms with Crippen LogP contribution in [0.5, 0.6) is 0 Å². The third kappa shape index (κ3) is 5.03. The molecule has 0 fully saturated rings. The molecule has 122 valence electrons. The summed E-state index contributed by atoms with van der Waals surface area (Å²) in [5, 5.41) is 5.85. The van der Waals surface area contributed by atoms with Gasteiger partial charge in [-0.05, 0) is 23.8 Å². The van der Waals surface area contributed by atoms with E-state index in [2.05, 4.69) is 15.4 Å². The number of hydrogen-bond acceptors (Lipinski definition) is 4. The second-order valence-corrected chi connectivity index (χ2v) is 5.17. The number of methoxy groups -OCH3 is 1. The van der Waals surface area contributed by atoms with Crippen LogP contribution in [-0.2, 0) is 16.1 Å². The molecular formula is C16H17ClN2O4. The van der Waals surface area contributed by atoms with Crippen molar-refractivity contribution in [3.63, 3.8) is 0 Å². The molecule has 2 N–H and O–H groups in total. The maximum absolute atomic E-state index is 12.0. The zero-order valence-electron chi connectivity index (χ0n) is 12.5. The quantitative estimate of drug-likeness (QED) is 0.794. The third-order valence-electron chi connectivity index (χ3n) is 3.19. The molecular weight excluding hydrogens is 320 g/mol. The van der Waals surface area contributed by atoms with Gasteiger partial charge in [-0.25, -0.2) is 4.79 Å². The van der Waals surface area contributed by atoms with Crippen molar-refractivity contribution in [3.05, 3.63) is 59.0 Å². The number of hydrogen-bond donors (Lipinski definition) is 2. The molecule has 2 aromatic rings. The van der Waals surface area contributed by atoms with E-state index >= 15 is 0 Å². The molecule has 0 aliphatic carbocycles. The fourth-order valence-electron chi connectivity index (χ4n) is 2.04. The largest absolute Gasteiger partial charge is 0.469 e. The van der Waals surface area contributed by atoms with E-state index in [-0.39, 0.29) is 13.0 Å². The highest BCUT2D eigenvalue weighted by atomic mass is 35.5. The minimum atomic E-state index is -0.590. The van der Waals surface area contributed by atoms with Gasteiger partial charge < -0.3 is 19.8 Å². The van der Waals surface area contributed by atoms with Crippen LogP contribution in [-0.4, -0.2) is 19.1 Å². The third-order valence-corrected chi connectivity index (χ3v) is 3.53. The molecule has 1 aromatic heterocycles. The van der Waals surface area contributed by atoms with Gasteiger partial charge in [-0.3, -0.25) is 4.79 Å². The van der Waals surface area contributed by atoms with Crippen LogP contribution < -0.4 is 10.6 Å². The zero-order chi connectivity index (χ0) is 16.7. The molecule has 0 aliphatic rings. The molecule has 2 amide bonds. The van der Waals surface area contributed by atoms with Gasteiger partial charge in [0, 0.05) is 5.02 Å². The highest BCUT2D eigenvalue weighted by Gasteiger charge is 2.21. The summed E-state index contributed by atoms with van der Waals surface area (Å²) < 4.78 is 9.81. The fraction of sp³-hybridized carbons (Fsp3) is 0.250. The number of nitrogens with one attached hydrogen (secondary N) is 2. The van der Waals surface area contributed by atoms with Crippen LogP contribution in [0.2, 0.25) is 5.02 Å². The van der Waals surface area contributed by atoms with Crippen molar-refractivity contribution in [2.45, 2.75) is 19.0 Å². The molecule has 23 heavy (non-hydrogen) atoms. The molecule has 0 aliphatic heterocycles. The Morgan fingerprint density at radius 1 is 1.26 bits per heavy atom. The van der Waals surface area contributed by atoms with E-state index in [9.17, 15) is 9.59 Å². The van der Waals surface area contributed by atoms with Gasteiger partial charge in [-0.1, -0.05) is 29.8 Å². The summed E-state index contributed by atoms with van der Waals surface area (Å²) in [5.74, 6) is 0.184. The Balaban J connectivity index is 2.03. The van der Waals surface area contributed by atoms with Crippen molar-refractivity contribution < 1.29 is 18.7 Å². The smallest absolute Gasteiger partial charge is 0.315 e. The molecule has 1 aromatic carbocycles. The van der Waals surface area contributed by atoms with Gasteiger partial charge in [0.05, 0.1) is 32.4 Å². The molecule has 0 spiro atoms. The molecule has 2 rings (SSSR count). The van der Waals surface area contributed by atoms with E-state index in [1.54, 1.807) is 36.4 Å². The molecule has 1 unspecified atom stereocenters. The molecule has 0 saturated carbocycles. The number of esters is 1. The number of halogens is 1. The van der Waals surface area contributed by atoms with Crippen molar-refractivity contribution in [2.75, 3.05) is 7.11 Å². The Bertz CT molecular complexity index is 658. The maximum Gasteiger partial charge on any atom is 0.315 e. The first kappa shape index (κ1) is 16.9. The van der Waals surface area contributed by atoms with Crippen molar-refractivity contribution >= 4 is 23.6 Å². The van der Waals surface area contributed by atoms with Gasteiger partial charge in [0.15, 0.2) is 0 Å². The lowest BCUT2D eigenvalue weighted by atomic mass is 10.0. The Kier molecular flexibility index (Phi) is 6.05. The normalized spacial score (nSPS) is 11.6. The average Bonchev–Trinajstić information content (AvgIpc) is 3.06.